The number of ether oxygens (including phenoxy) is 2. The van der Waals surface area contributed by atoms with Gasteiger partial charge in [0.15, 0.2) is 5.65 Å². The Bertz CT molecular complexity index is 658. The Kier molecular flexibility index (Phi) is 6.21. The summed E-state index contributed by atoms with van der Waals surface area (Å²) in [6, 6.07) is 0. The van der Waals surface area contributed by atoms with Crippen LogP contribution in [-0.2, 0) is 11.5 Å². The van der Waals surface area contributed by atoms with E-state index in [9.17, 15) is 0 Å². The normalized spacial score (nSPS) is 12.8. The molecule has 0 aliphatic carbocycles. The lowest BCUT2D eigenvalue weighted by atomic mass is 10.4. The number of hydrogen-bond acceptors (Lipinski definition) is 4. The van der Waals surface area contributed by atoms with Crippen molar-refractivity contribution >= 4 is 55.3 Å². The maximum Gasteiger partial charge on any atom is 0.228 e. The van der Waals surface area contributed by atoms with Gasteiger partial charge >= 0.3 is 0 Å². The molecule has 0 saturated heterocycles. The van der Waals surface area contributed by atoms with Gasteiger partial charge in [-0.2, -0.15) is 9.97 Å². The van der Waals surface area contributed by atoms with Crippen LogP contribution in [0.3, 0.4) is 0 Å². The number of rotatable bonds is 7. The van der Waals surface area contributed by atoms with Crippen LogP contribution in [0.5, 0.6) is 5.88 Å². The minimum atomic E-state index is -0.539. The maximum absolute atomic E-state index is 6.01. The van der Waals surface area contributed by atoms with E-state index < -0.39 is 10.0 Å². The summed E-state index contributed by atoms with van der Waals surface area (Å²) in [5.41, 5.74) is 0.746. The summed E-state index contributed by atoms with van der Waals surface area (Å²) in [7, 11) is -0.539. The van der Waals surface area contributed by atoms with Crippen molar-refractivity contribution in [3.63, 3.8) is 0 Å². The zero-order chi connectivity index (χ0) is 16.3. The molecule has 0 atom stereocenters. The van der Waals surface area contributed by atoms with Crippen LogP contribution in [-0.4, -0.2) is 52.3 Å². The van der Waals surface area contributed by atoms with Crippen molar-refractivity contribution in [1.82, 2.24) is 14.5 Å². The molecule has 0 aliphatic rings. The highest BCUT2D eigenvalue weighted by atomic mass is 127. The summed E-state index contributed by atoms with van der Waals surface area (Å²) in [5, 5.41) is 1.07. The largest absolute Gasteiger partial charge is 0.477 e. The lowest BCUT2D eigenvalue weighted by Crippen LogP contribution is -2.10. The predicted molar refractivity (Wildman–Crippen MR) is 103 cm³/mol. The Balaban J connectivity index is 2.20. The second kappa shape index (κ2) is 7.55. The van der Waals surface area contributed by atoms with Gasteiger partial charge in [0, 0.05) is 15.5 Å². The van der Waals surface area contributed by atoms with Gasteiger partial charge in [-0.25, -0.2) is 10.0 Å². The Labute approximate surface area is 151 Å². The molecule has 0 bridgehead atoms. The van der Waals surface area contributed by atoms with E-state index in [1.54, 1.807) is 0 Å². The van der Waals surface area contributed by atoms with Crippen molar-refractivity contribution < 1.29 is 9.47 Å². The highest BCUT2D eigenvalue weighted by molar-refractivity contribution is 14.1. The quantitative estimate of drug-likeness (QED) is 0.361. The van der Waals surface area contributed by atoms with Crippen molar-refractivity contribution in [2.75, 3.05) is 37.7 Å². The van der Waals surface area contributed by atoms with Crippen LogP contribution in [0.4, 0.5) is 0 Å². The molecule has 0 N–H and O–H groups in total. The van der Waals surface area contributed by atoms with Crippen molar-refractivity contribution in [2.45, 2.75) is 13.7 Å². The molecule has 0 aliphatic heterocycles. The molecule has 0 unspecified atom stereocenters. The van der Waals surface area contributed by atoms with Gasteiger partial charge in [-0.1, -0.05) is 0 Å². The molecular formula is C14H21ClIN3O2S. The molecule has 0 amide bonds. The summed E-state index contributed by atoms with van der Waals surface area (Å²) in [6.07, 6.45) is 8.84. The lowest BCUT2D eigenvalue weighted by molar-refractivity contribution is 0.0923. The van der Waals surface area contributed by atoms with Gasteiger partial charge < -0.3 is 14.0 Å². The number of nitrogens with zero attached hydrogens (tertiary/aromatic N) is 3. The van der Waals surface area contributed by atoms with Crippen molar-refractivity contribution in [3.8, 4) is 5.88 Å². The second-order valence-corrected chi connectivity index (χ2v) is 11.8. The van der Waals surface area contributed by atoms with Gasteiger partial charge in [-0.3, -0.25) is 0 Å². The smallest absolute Gasteiger partial charge is 0.228 e. The van der Waals surface area contributed by atoms with E-state index in [0.717, 1.165) is 27.0 Å². The monoisotopic (exact) mass is 457 g/mol. The zero-order valence-corrected chi connectivity index (χ0v) is 17.0. The Hall–Kier alpha value is -0.250. The molecule has 2 rings (SSSR count). The van der Waals surface area contributed by atoms with E-state index in [0.29, 0.717) is 19.2 Å². The average Bonchev–Trinajstić information content (AvgIpc) is 2.70. The van der Waals surface area contributed by atoms with E-state index in [1.165, 1.54) is 0 Å². The first-order chi connectivity index (χ1) is 10.3. The Morgan fingerprint density at radius 3 is 2.68 bits per heavy atom. The van der Waals surface area contributed by atoms with Crippen LogP contribution in [0.1, 0.15) is 6.92 Å². The Morgan fingerprint density at radius 2 is 2.05 bits per heavy atom. The van der Waals surface area contributed by atoms with E-state index in [2.05, 4.69) is 51.3 Å². The number of hydrogen-bond donors (Lipinski definition) is 0. The average molecular weight is 458 g/mol. The van der Waals surface area contributed by atoms with E-state index in [1.807, 2.05) is 17.7 Å². The first kappa shape index (κ1) is 18.1. The molecule has 0 radical (unpaired) electrons. The first-order valence-electron chi connectivity index (χ1n) is 6.90. The van der Waals surface area contributed by atoms with Crippen molar-refractivity contribution in [2.24, 2.45) is 0 Å². The maximum atomic E-state index is 6.01. The first-order valence-corrected chi connectivity index (χ1v) is 11.4. The summed E-state index contributed by atoms with van der Waals surface area (Å²) in [6.45, 7) is 3.65. The van der Waals surface area contributed by atoms with Crippen LogP contribution in [0.25, 0.3) is 11.0 Å². The molecule has 22 heavy (non-hydrogen) atoms. The third-order valence-corrected chi connectivity index (χ3v) is 5.34. The summed E-state index contributed by atoms with van der Waals surface area (Å²) >= 11 is 8.26. The molecule has 0 fully saturated rings. The number of fused-ring (bicyclic) bond motifs is 1. The SMILES string of the molecule is CCOc1nc(Cl)nc2c1c(I)cn2COCCS(C)(C)C. The van der Waals surface area contributed by atoms with Crippen LogP contribution in [0.2, 0.25) is 5.28 Å². The van der Waals surface area contributed by atoms with Crippen LogP contribution >= 0.6 is 44.2 Å². The summed E-state index contributed by atoms with van der Waals surface area (Å²) < 4.78 is 14.3. The van der Waals surface area contributed by atoms with Gasteiger partial charge in [0.25, 0.3) is 0 Å². The minimum Gasteiger partial charge on any atom is -0.477 e. The fraction of sp³-hybridized carbons (Fsp3) is 0.571. The molecule has 2 aromatic heterocycles. The third kappa shape index (κ3) is 4.62. The molecule has 0 spiro atoms. The molecule has 5 nitrogen and oxygen atoms in total. The number of aromatic nitrogens is 3. The molecule has 2 aromatic rings. The molecular weight excluding hydrogens is 437 g/mol. The molecule has 2 heterocycles. The summed E-state index contributed by atoms with van der Waals surface area (Å²) in [4.78, 5) is 8.49. The molecule has 124 valence electrons. The topological polar surface area (TPSA) is 49.2 Å². The van der Waals surface area contributed by atoms with Gasteiger partial charge in [0.05, 0.1) is 18.6 Å². The lowest BCUT2D eigenvalue weighted by Gasteiger charge is -2.24. The molecule has 0 saturated carbocycles. The van der Waals surface area contributed by atoms with Gasteiger partial charge in [-0.15, -0.1) is 0 Å². The third-order valence-electron chi connectivity index (χ3n) is 2.96. The van der Waals surface area contributed by atoms with E-state index in [-0.39, 0.29) is 5.28 Å². The second-order valence-electron chi connectivity index (χ2n) is 5.71. The fourth-order valence-electron chi connectivity index (χ4n) is 1.89. The number of halogens is 2. The van der Waals surface area contributed by atoms with Crippen LogP contribution in [0.15, 0.2) is 6.20 Å². The van der Waals surface area contributed by atoms with E-state index >= 15 is 0 Å². The minimum absolute atomic E-state index is 0.186. The zero-order valence-electron chi connectivity index (χ0n) is 13.2. The van der Waals surface area contributed by atoms with Crippen LogP contribution < -0.4 is 4.74 Å². The highest BCUT2D eigenvalue weighted by Crippen LogP contribution is 2.34. The predicted octanol–water partition coefficient (Wildman–Crippen LogP) is 3.76. The standard InChI is InChI=1S/C14H21ClIN3O2S/c1-5-21-13-11-10(16)8-19(12(11)17-14(15)18-13)9-20-6-7-22(2,3)4/h8H,5-7,9H2,1-4H3. The highest BCUT2D eigenvalue weighted by Gasteiger charge is 2.16. The van der Waals surface area contributed by atoms with Gasteiger partial charge in [0.2, 0.25) is 11.2 Å². The van der Waals surface area contributed by atoms with Crippen LogP contribution in [0, 0.1) is 3.57 Å². The van der Waals surface area contributed by atoms with Gasteiger partial charge in [0.1, 0.15) is 6.73 Å². The molecule has 8 heteroatoms. The molecule has 0 aromatic carbocycles. The van der Waals surface area contributed by atoms with E-state index in [4.69, 9.17) is 21.1 Å². The van der Waals surface area contributed by atoms with Crippen molar-refractivity contribution in [3.05, 3.63) is 15.1 Å². The fourth-order valence-corrected chi connectivity index (χ4v) is 3.48. The Morgan fingerprint density at radius 1 is 1.32 bits per heavy atom. The van der Waals surface area contributed by atoms with Gasteiger partial charge in [-0.05, 0) is 59.9 Å². The van der Waals surface area contributed by atoms with Crippen molar-refractivity contribution in [1.29, 1.82) is 0 Å². The summed E-state index contributed by atoms with van der Waals surface area (Å²) in [5.74, 6) is 1.61.